The Bertz CT molecular complexity index is 321. The molecule has 0 aliphatic rings. The average molecular weight is 624 g/mol. The van der Waals surface area contributed by atoms with Crippen molar-refractivity contribution in [2.75, 3.05) is 0 Å². The van der Waals surface area contributed by atoms with Crippen LogP contribution >= 0.6 is 0 Å². The molecule has 0 N–H and O–H groups in total. The van der Waals surface area contributed by atoms with Gasteiger partial charge in [0.25, 0.3) is 0 Å². The molecule has 0 amide bonds. The summed E-state index contributed by atoms with van der Waals surface area (Å²) in [5.74, 6) is -9.75. The maximum atomic E-state index is 9.28. The van der Waals surface area contributed by atoms with E-state index in [0.29, 0.717) is 0 Å². The minimum absolute atomic E-state index is 0. The second kappa shape index (κ2) is 21.4. The first-order valence-corrected chi connectivity index (χ1v) is 4.57. The van der Waals surface area contributed by atoms with E-state index in [-0.39, 0.29) is 77.2 Å². The zero-order valence-corrected chi connectivity index (χ0v) is 15.0. The number of hydrogen-bond donors (Lipinski definition) is 0. The Balaban J connectivity index is -0.0000000675. The molecule has 0 unspecified atom stereocenters. The summed E-state index contributed by atoms with van der Waals surface area (Å²) in [7, 11) is 0. The monoisotopic (exact) mass is 624 g/mol. The van der Waals surface area contributed by atoms with Crippen molar-refractivity contribution in [1.82, 2.24) is 0 Å². The van der Waals surface area contributed by atoms with Gasteiger partial charge in [-0.05, 0) is 0 Å². The van der Waals surface area contributed by atoms with E-state index in [9.17, 15) is 59.4 Å². The van der Waals surface area contributed by atoms with E-state index in [4.69, 9.17) is 0 Å². The minimum Gasteiger partial charge on any atom is -0.550 e. The third-order valence-corrected chi connectivity index (χ3v) is 0.866. The van der Waals surface area contributed by atoms with Crippen LogP contribution in [0.25, 0.3) is 0 Å². The van der Waals surface area contributed by atoms with Gasteiger partial charge in [-0.3, -0.25) is 0 Å². The fourth-order valence-corrected chi connectivity index (χ4v) is 0.354. The maximum Gasteiger partial charge on any atom is 3.00 e. The smallest absolute Gasteiger partial charge is 0.550 e. The zero-order valence-electron chi connectivity index (χ0n) is 10.7. The van der Waals surface area contributed by atoms with Crippen LogP contribution in [0.5, 0.6) is 0 Å². The van der Waals surface area contributed by atoms with Crippen molar-refractivity contribution in [3.8, 4) is 0 Å². The summed E-state index contributed by atoms with van der Waals surface area (Å²) in [5.41, 5.74) is 0. The Morgan fingerprint density at radius 2 is 0.478 bits per heavy atom. The van der Waals surface area contributed by atoms with Crippen LogP contribution in [0.4, 0.5) is 0 Å². The number of carboxylic acid groups (broad SMARTS) is 6. The van der Waals surface area contributed by atoms with Gasteiger partial charge in [0.05, 0.1) is 0 Å². The largest absolute Gasteiger partial charge is 3.00 e. The third kappa shape index (κ3) is 62.0. The number of carboxylic acids is 6. The van der Waals surface area contributed by atoms with Crippen LogP contribution in [0.2, 0.25) is 0 Å². The molecular weight excluding hydrogens is 618 g/mol. The molecule has 23 heavy (non-hydrogen) atoms. The molecule has 0 saturated heterocycles. The Morgan fingerprint density at radius 1 is 0.391 bits per heavy atom. The van der Waals surface area contributed by atoms with E-state index in [2.05, 4.69) is 0 Å². The summed E-state index contributed by atoms with van der Waals surface area (Å²) in [4.78, 5) is 55.7. The van der Waals surface area contributed by atoms with Gasteiger partial charge >= 0.3 is 77.2 Å². The molecule has 0 aromatic rings. The second-order valence-corrected chi connectivity index (χ2v) is 2.76. The van der Waals surface area contributed by atoms with Gasteiger partial charge in [-0.15, -0.1) is 0 Å². The number of rotatable bonds is 6. The van der Waals surface area contributed by atoms with Crippen molar-refractivity contribution in [2.45, 2.75) is 19.3 Å². The molecule has 0 heterocycles. The average Bonchev–Trinajstić information content (AvgIpc) is 2.10. The first kappa shape index (κ1) is 33.9. The number of aliphatic carboxylic acids is 6. The van der Waals surface area contributed by atoms with E-state index < -0.39 is 55.1 Å². The van der Waals surface area contributed by atoms with Crippen molar-refractivity contribution in [3.05, 3.63) is 0 Å². The van der Waals surface area contributed by atoms with Crippen molar-refractivity contribution < 1.29 is 137 Å². The van der Waals surface area contributed by atoms with Gasteiger partial charge in [0.2, 0.25) is 0 Å². The molecule has 0 aromatic carbocycles. The van der Waals surface area contributed by atoms with Crippen LogP contribution < -0.4 is 30.6 Å². The number of carbonyl (C=O) groups excluding carboxylic acids is 6. The summed E-state index contributed by atoms with van der Waals surface area (Å²) in [6.45, 7) is 0. The molecule has 0 atom stereocenters. The predicted molar refractivity (Wildman–Crippen MR) is 43.9 cm³/mol. The molecule has 132 valence electrons. The fourth-order valence-electron chi connectivity index (χ4n) is 0.354. The summed E-state index contributed by atoms with van der Waals surface area (Å²) in [5, 5.41) is 55.7. The molecule has 14 heteroatoms. The van der Waals surface area contributed by atoms with Crippen LogP contribution in [-0.4, -0.2) is 35.8 Å². The normalized spacial score (nSPS) is 7.30. The third-order valence-electron chi connectivity index (χ3n) is 0.866. The topological polar surface area (TPSA) is 241 Å². The molecule has 0 rings (SSSR count). The fraction of sp³-hybridized carbons (Fsp3) is 0.333. The Hall–Kier alpha value is -0.609. The van der Waals surface area contributed by atoms with E-state index in [1.165, 1.54) is 0 Å². The number of carbonyl (C=O) groups is 6. The Kier molecular flexibility index (Phi) is 31.5. The molecule has 0 radical (unpaired) electrons. The van der Waals surface area contributed by atoms with Crippen LogP contribution in [-0.2, 0) is 28.8 Å². The zero-order chi connectivity index (χ0) is 17.6. The van der Waals surface area contributed by atoms with Crippen LogP contribution in [0, 0.1) is 77.2 Å². The Labute approximate surface area is 189 Å². The summed E-state index contributed by atoms with van der Waals surface area (Å²) < 4.78 is 0. The second-order valence-electron chi connectivity index (χ2n) is 2.76. The van der Waals surface area contributed by atoms with Gasteiger partial charge in [0.15, 0.2) is 0 Å². The van der Waals surface area contributed by atoms with Crippen molar-refractivity contribution >= 4 is 35.8 Å². The SMILES string of the molecule is O=C([O-])CC(=O)[O-].O=C([O-])CC(=O)[O-].O=C([O-])CC(=O)[O-].[Tb+3].[Tb+3]. The molecule has 0 fully saturated rings. The van der Waals surface area contributed by atoms with E-state index in [0.717, 1.165) is 0 Å². The van der Waals surface area contributed by atoms with E-state index in [1.807, 2.05) is 0 Å². The van der Waals surface area contributed by atoms with Gasteiger partial charge in [-0.25, -0.2) is 0 Å². The van der Waals surface area contributed by atoms with Crippen LogP contribution in [0.15, 0.2) is 0 Å². The molecule has 0 saturated carbocycles. The summed E-state index contributed by atoms with van der Waals surface area (Å²) in [6.07, 6.45) is -3.08. The molecule has 0 aliphatic carbocycles. The van der Waals surface area contributed by atoms with Crippen LogP contribution in [0.1, 0.15) is 19.3 Å². The standard InChI is InChI=1S/3C3H4O4.2Tb/c3*4-2(5)1-3(6)7;;/h3*1H2,(H,4,5)(H,6,7);;/q;;;2*+3/p-6. The van der Waals surface area contributed by atoms with Crippen molar-refractivity contribution in [1.29, 1.82) is 0 Å². The first-order chi connectivity index (χ1) is 9.38. The molecule has 0 aromatic heterocycles. The molecule has 12 nitrogen and oxygen atoms in total. The maximum absolute atomic E-state index is 9.28. The Morgan fingerprint density at radius 3 is 0.478 bits per heavy atom. The predicted octanol–water partition coefficient (Wildman–Crippen LogP) is -9.37. The summed E-state index contributed by atoms with van der Waals surface area (Å²) in [6, 6.07) is 0. The quantitative estimate of drug-likeness (QED) is 0.250. The molecule has 0 aliphatic heterocycles. The van der Waals surface area contributed by atoms with Gasteiger partial charge in [-0.2, -0.15) is 0 Å². The van der Waals surface area contributed by atoms with E-state index in [1.54, 1.807) is 0 Å². The van der Waals surface area contributed by atoms with Crippen molar-refractivity contribution in [2.24, 2.45) is 0 Å². The van der Waals surface area contributed by atoms with Gasteiger partial charge in [-0.1, -0.05) is 0 Å². The van der Waals surface area contributed by atoms with Crippen LogP contribution in [0.3, 0.4) is 0 Å². The minimum atomic E-state index is -1.63. The van der Waals surface area contributed by atoms with Gasteiger partial charge < -0.3 is 59.4 Å². The van der Waals surface area contributed by atoms with Gasteiger partial charge in [0.1, 0.15) is 0 Å². The first-order valence-electron chi connectivity index (χ1n) is 4.57. The summed E-state index contributed by atoms with van der Waals surface area (Å²) >= 11 is 0. The molecular formula is C9H6O12Tb2. The van der Waals surface area contributed by atoms with Gasteiger partial charge in [0, 0.05) is 55.1 Å². The number of hydrogen-bond acceptors (Lipinski definition) is 12. The van der Waals surface area contributed by atoms with Crippen molar-refractivity contribution in [3.63, 3.8) is 0 Å². The molecule has 0 spiro atoms. The molecule has 0 bridgehead atoms. The van der Waals surface area contributed by atoms with E-state index >= 15 is 0 Å².